The van der Waals surface area contributed by atoms with Gasteiger partial charge in [-0.1, -0.05) is 6.92 Å². The van der Waals surface area contributed by atoms with Crippen LogP contribution >= 0.6 is 11.3 Å². The molecule has 1 aromatic heterocycles. The predicted molar refractivity (Wildman–Crippen MR) is 81.5 cm³/mol. The molecular formula is C16H16FNO3S. The molecule has 1 aromatic carbocycles. The number of esters is 1. The standard InChI is InChI=1S/C16H16FNO3S/c1-10-13(15(19)21-9-16(2)7-20-8-16)22-14(18-10)11-3-5-12(17)6-4-11/h3-6H,7-9H2,1-2H3. The van der Waals surface area contributed by atoms with E-state index in [4.69, 9.17) is 9.47 Å². The fourth-order valence-corrected chi connectivity index (χ4v) is 3.11. The Labute approximate surface area is 131 Å². The van der Waals surface area contributed by atoms with Crippen molar-refractivity contribution in [1.82, 2.24) is 4.98 Å². The summed E-state index contributed by atoms with van der Waals surface area (Å²) in [5.41, 5.74) is 1.34. The van der Waals surface area contributed by atoms with Crippen molar-refractivity contribution < 1.29 is 18.7 Å². The average molecular weight is 321 g/mol. The second kappa shape index (κ2) is 5.78. The second-order valence-corrected chi connectivity index (χ2v) is 6.82. The number of halogens is 1. The maximum absolute atomic E-state index is 13.0. The smallest absolute Gasteiger partial charge is 0.350 e. The number of aryl methyl sites for hydroxylation is 1. The zero-order valence-electron chi connectivity index (χ0n) is 12.4. The SMILES string of the molecule is Cc1nc(-c2ccc(F)cc2)sc1C(=O)OCC1(C)COC1. The van der Waals surface area contributed by atoms with Crippen LogP contribution in [0, 0.1) is 18.2 Å². The highest BCUT2D eigenvalue weighted by molar-refractivity contribution is 7.17. The van der Waals surface area contributed by atoms with Gasteiger partial charge in [0.25, 0.3) is 0 Å². The molecule has 0 aliphatic carbocycles. The fraction of sp³-hybridized carbons (Fsp3) is 0.375. The van der Waals surface area contributed by atoms with E-state index in [0.29, 0.717) is 35.4 Å². The lowest BCUT2D eigenvalue weighted by atomic mass is 9.90. The quantitative estimate of drug-likeness (QED) is 0.809. The van der Waals surface area contributed by atoms with Crippen molar-refractivity contribution in [2.45, 2.75) is 13.8 Å². The second-order valence-electron chi connectivity index (χ2n) is 5.82. The van der Waals surface area contributed by atoms with E-state index < -0.39 is 0 Å². The monoisotopic (exact) mass is 321 g/mol. The molecule has 116 valence electrons. The Kier molecular flexibility index (Phi) is 3.97. The van der Waals surface area contributed by atoms with Gasteiger partial charge in [-0.05, 0) is 31.2 Å². The van der Waals surface area contributed by atoms with Crippen molar-refractivity contribution in [2.75, 3.05) is 19.8 Å². The lowest BCUT2D eigenvalue weighted by molar-refractivity contribution is -0.127. The Bertz CT molecular complexity index is 692. The molecule has 4 nitrogen and oxygen atoms in total. The van der Waals surface area contributed by atoms with Gasteiger partial charge in [0.2, 0.25) is 0 Å². The van der Waals surface area contributed by atoms with E-state index >= 15 is 0 Å². The van der Waals surface area contributed by atoms with Crippen molar-refractivity contribution in [2.24, 2.45) is 5.41 Å². The fourth-order valence-electron chi connectivity index (χ4n) is 2.14. The summed E-state index contributed by atoms with van der Waals surface area (Å²) in [4.78, 5) is 17.1. The molecule has 1 aliphatic rings. The van der Waals surface area contributed by atoms with E-state index in [1.807, 2.05) is 6.92 Å². The Balaban J connectivity index is 1.74. The number of carbonyl (C=O) groups is 1. The molecular weight excluding hydrogens is 305 g/mol. The minimum absolute atomic E-state index is 0.0754. The molecule has 1 saturated heterocycles. The summed E-state index contributed by atoms with van der Waals surface area (Å²) in [6.07, 6.45) is 0. The van der Waals surface area contributed by atoms with Gasteiger partial charge >= 0.3 is 5.97 Å². The Morgan fingerprint density at radius 1 is 1.41 bits per heavy atom. The number of hydrogen-bond acceptors (Lipinski definition) is 5. The van der Waals surface area contributed by atoms with E-state index in [9.17, 15) is 9.18 Å². The van der Waals surface area contributed by atoms with Crippen LogP contribution in [0.2, 0.25) is 0 Å². The van der Waals surface area contributed by atoms with Crippen LogP contribution < -0.4 is 0 Å². The molecule has 0 unspecified atom stereocenters. The molecule has 0 atom stereocenters. The Morgan fingerprint density at radius 3 is 2.68 bits per heavy atom. The maximum atomic E-state index is 13.0. The van der Waals surface area contributed by atoms with Gasteiger partial charge in [-0.15, -0.1) is 11.3 Å². The summed E-state index contributed by atoms with van der Waals surface area (Å²) in [5, 5.41) is 0.683. The first-order chi connectivity index (χ1) is 10.5. The number of aromatic nitrogens is 1. The van der Waals surface area contributed by atoms with Gasteiger partial charge in [-0.3, -0.25) is 0 Å². The molecule has 1 fully saturated rings. The highest BCUT2D eigenvalue weighted by Crippen LogP contribution is 2.30. The highest BCUT2D eigenvalue weighted by Gasteiger charge is 2.35. The Morgan fingerprint density at radius 2 is 2.09 bits per heavy atom. The van der Waals surface area contributed by atoms with E-state index in [0.717, 1.165) is 5.56 Å². The van der Waals surface area contributed by atoms with Gasteiger partial charge in [-0.2, -0.15) is 0 Å². The van der Waals surface area contributed by atoms with Crippen LogP contribution in [-0.4, -0.2) is 30.8 Å². The number of benzene rings is 1. The maximum Gasteiger partial charge on any atom is 0.350 e. The number of rotatable bonds is 4. The number of ether oxygens (including phenoxy) is 2. The van der Waals surface area contributed by atoms with Crippen molar-refractivity contribution in [3.63, 3.8) is 0 Å². The summed E-state index contributed by atoms with van der Waals surface area (Å²) >= 11 is 1.26. The third kappa shape index (κ3) is 3.03. The van der Waals surface area contributed by atoms with Gasteiger partial charge in [0.1, 0.15) is 22.3 Å². The molecule has 0 spiro atoms. The summed E-state index contributed by atoms with van der Waals surface area (Å²) in [6.45, 7) is 5.36. The largest absolute Gasteiger partial charge is 0.461 e. The summed E-state index contributed by atoms with van der Waals surface area (Å²) < 4.78 is 23.5. The van der Waals surface area contributed by atoms with E-state index in [1.165, 1.54) is 23.5 Å². The van der Waals surface area contributed by atoms with Crippen LogP contribution in [0.1, 0.15) is 22.3 Å². The minimum Gasteiger partial charge on any atom is -0.461 e. The average Bonchev–Trinajstić information content (AvgIpc) is 2.85. The van der Waals surface area contributed by atoms with Gasteiger partial charge in [0.05, 0.1) is 18.9 Å². The lowest BCUT2D eigenvalue weighted by Gasteiger charge is -2.37. The molecule has 2 aromatic rings. The number of nitrogens with zero attached hydrogens (tertiary/aromatic N) is 1. The van der Waals surface area contributed by atoms with Crippen LogP contribution in [0.3, 0.4) is 0 Å². The normalized spacial score (nSPS) is 16.1. The zero-order chi connectivity index (χ0) is 15.7. The number of thiazole rings is 1. The van der Waals surface area contributed by atoms with Crippen LogP contribution in [-0.2, 0) is 9.47 Å². The molecule has 0 amide bonds. The minimum atomic E-state index is -0.364. The summed E-state index contributed by atoms with van der Waals surface area (Å²) in [7, 11) is 0. The van der Waals surface area contributed by atoms with Gasteiger partial charge in [0, 0.05) is 11.0 Å². The van der Waals surface area contributed by atoms with Crippen molar-refractivity contribution in [1.29, 1.82) is 0 Å². The summed E-state index contributed by atoms with van der Waals surface area (Å²) in [5.74, 6) is -0.663. The van der Waals surface area contributed by atoms with E-state index in [-0.39, 0.29) is 17.2 Å². The first-order valence-corrected chi connectivity index (χ1v) is 7.77. The summed E-state index contributed by atoms with van der Waals surface area (Å²) in [6, 6.07) is 6.05. The molecule has 0 bridgehead atoms. The molecule has 22 heavy (non-hydrogen) atoms. The topological polar surface area (TPSA) is 48.4 Å². The first-order valence-electron chi connectivity index (χ1n) is 6.95. The van der Waals surface area contributed by atoms with Crippen LogP contribution in [0.25, 0.3) is 10.6 Å². The molecule has 0 saturated carbocycles. The van der Waals surface area contributed by atoms with Gasteiger partial charge < -0.3 is 9.47 Å². The predicted octanol–water partition coefficient (Wildman–Crippen LogP) is 3.45. The van der Waals surface area contributed by atoms with Gasteiger partial charge in [0.15, 0.2) is 0 Å². The van der Waals surface area contributed by atoms with E-state index in [2.05, 4.69) is 4.98 Å². The first kappa shape index (κ1) is 15.1. The zero-order valence-corrected chi connectivity index (χ0v) is 13.2. The number of hydrogen-bond donors (Lipinski definition) is 0. The van der Waals surface area contributed by atoms with Crippen LogP contribution in [0.15, 0.2) is 24.3 Å². The third-order valence-electron chi connectivity index (χ3n) is 3.53. The highest BCUT2D eigenvalue weighted by atomic mass is 32.1. The third-order valence-corrected chi connectivity index (χ3v) is 4.71. The molecule has 6 heteroatoms. The van der Waals surface area contributed by atoms with Crippen LogP contribution in [0.5, 0.6) is 0 Å². The molecule has 2 heterocycles. The van der Waals surface area contributed by atoms with Crippen molar-refractivity contribution in [3.05, 3.63) is 40.7 Å². The lowest BCUT2D eigenvalue weighted by Crippen LogP contribution is -2.44. The molecule has 0 N–H and O–H groups in total. The Hall–Kier alpha value is -1.79. The van der Waals surface area contributed by atoms with E-state index in [1.54, 1.807) is 19.1 Å². The van der Waals surface area contributed by atoms with Crippen molar-refractivity contribution >= 4 is 17.3 Å². The van der Waals surface area contributed by atoms with Crippen LogP contribution in [0.4, 0.5) is 4.39 Å². The number of carbonyl (C=O) groups excluding carboxylic acids is 1. The molecule has 0 radical (unpaired) electrons. The van der Waals surface area contributed by atoms with Gasteiger partial charge in [-0.25, -0.2) is 14.2 Å². The molecule has 3 rings (SSSR count). The van der Waals surface area contributed by atoms with Crippen molar-refractivity contribution in [3.8, 4) is 10.6 Å². The molecule has 1 aliphatic heterocycles.